The number of nitrogens with two attached hydrogens (primary N) is 2. The summed E-state index contributed by atoms with van der Waals surface area (Å²) in [4.78, 5) is 79.5. The van der Waals surface area contributed by atoms with Gasteiger partial charge >= 0.3 is 5.97 Å². The highest BCUT2D eigenvalue weighted by Gasteiger charge is 2.29. The van der Waals surface area contributed by atoms with Gasteiger partial charge in [-0.25, -0.2) is 0 Å². The first-order valence-corrected chi connectivity index (χ1v) is 13.8. The molecule has 0 radical (unpaired) electrons. The second kappa shape index (κ2) is 17.9. The Bertz CT molecular complexity index is 1120. The number of nitrogens with zero attached hydrogens (tertiary/aromatic N) is 1. The molecule has 230 valence electrons. The summed E-state index contributed by atoms with van der Waals surface area (Å²) in [6.07, 6.45) is 1.75. The van der Waals surface area contributed by atoms with Gasteiger partial charge in [-0.2, -0.15) is 0 Å². The summed E-state index contributed by atoms with van der Waals surface area (Å²) < 4.78 is 0. The summed E-state index contributed by atoms with van der Waals surface area (Å²) in [6, 6.07) is 5.36. The van der Waals surface area contributed by atoms with Crippen molar-refractivity contribution in [2.75, 3.05) is 19.6 Å². The third-order valence-electron chi connectivity index (χ3n) is 6.35. The van der Waals surface area contributed by atoms with Crippen LogP contribution < -0.4 is 38.1 Å². The van der Waals surface area contributed by atoms with Crippen molar-refractivity contribution in [2.45, 2.75) is 69.5 Å². The lowest BCUT2D eigenvalue weighted by Crippen LogP contribution is -2.56. The molecule has 2 rings (SSSR count). The Morgan fingerprint density at radius 1 is 0.833 bits per heavy atom. The average Bonchev–Trinajstić information content (AvgIpc) is 2.94. The van der Waals surface area contributed by atoms with Crippen molar-refractivity contribution in [2.24, 2.45) is 16.5 Å². The van der Waals surface area contributed by atoms with E-state index in [-0.39, 0.29) is 37.7 Å². The molecule has 42 heavy (non-hydrogen) atoms. The van der Waals surface area contributed by atoms with Gasteiger partial charge in [-0.05, 0) is 31.2 Å². The Balaban J connectivity index is 2.21. The molecule has 15 heteroatoms. The highest BCUT2D eigenvalue weighted by Crippen LogP contribution is 2.07. The minimum Gasteiger partial charge on any atom is -0.481 e. The molecule has 1 heterocycles. The zero-order valence-corrected chi connectivity index (χ0v) is 23.4. The molecular formula is C27H40N8O7. The van der Waals surface area contributed by atoms with Crippen LogP contribution >= 0.6 is 0 Å². The molecule has 0 unspecified atom stereocenters. The number of hydrogen-bond acceptors (Lipinski definition) is 7. The van der Waals surface area contributed by atoms with Crippen molar-refractivity contribution in [3.05, 3.63) is 35.9 Å². The Kier molecular flexibility index (Phi) is 14.3. The van der Waals surface area contributed by atoms with Crippen LogP contribution in [0.2, 0.25) is 0 Å². The molecule has 15 nitrogen and oxygen atoms in total. The number of carboxylic acids is 1. The fourth-order valence-corrected chi connectivity index (χ4v) is 4.21. The molecule has 1 fully saturated rings. The van der Waals surface area contributed by atoms with Crippen LogP contribution in [0.15, 0.2) is 35.3 Å². The topological polar surface area (TPSA) is 247 Å². The number of nitrogens with one attached hydrogen (secondary N) is 5. The summed E-state index contributed by atoms with van der Waals surface area (Å²) in [5.74, 6) is -4.64. The lowest BCUT2D eigenvalue weighted by molar-refractivity contribution is -0.141. The lowest BCUT2D eigenvalue weighted by atomic mass is 10.0. The molecule has 1 saturated heterocycles. The molecule has 0 bridgehead atoms. The normalized spacial score (nSPS) is 21.6. The molecule has 0 aromatic heterocycles. The molecule has 1 aromatic carbocycles. The van der Waals surface area contributed by atoms with Gasteiger partial charge in [-0.15, -0.1) is 0 Å². The molecular weight excluding hydrogens is 548 g/mol. The van der Waals surface area contributed by atoms with E-state index in [4.69, 9.17) is 11.5 Å². The Morgan fingerprint density at radius 2 is 1.52 bits per heavy atom. The number of amides is 5. The molecule has 5 amide bonds. The summed E-state index contributed by atoms with van der Waals surface area (Å²) in [7, 11) is 0. The quantitative estimate of drug-likeness (QED) is 0.0950. The van der Waals surface area contributed by atoms with E-state index in [1.165, 1.54) is 0 Å². The van der Waals surface area contributed by atoms with E-state index in [0.717, 1.165) is 5.56 Å². The standard InChI is InChI=1S/C27H40N8O7/c28-27(29)31-13-7-10-18-24(40)30-12-6-2-5-11-21(36)34-19(14-17-8-3-1-4-9-17)26(42)35-20(15-23(38)39)25(41)32-16-22(37)33-18/h1,3-4,8-9,18-20H,2,5-7,10-16H2,(H,30,40)(H,32,41)(H,33,37)(H,34,36)(H,35,42)(H,38,39)(H4,28,29,31)/t18-,19+,20-/m0/s1. The van der Waals surface area contributed by atoms with E-state index in [1.54, 1.807) is 30.3 Å². The number of aliphatic imine (C=N–C) groups is 1. The highest BCUT2D eigenvalue weighted by molar-refractivity contribution is 5.95. The van der Waals surface area contributed by atoms with E-state index in [1.807, 2.05) is 0 Å². The third kappa shape index (κ3) is 13.1. The van der Waals surface area contributed by atoms with Crippen LogP contribution in [0.4, 0.5) is 0 Å². The predicted molar refractivity (Wildman–Crippen MR) is 153 cm³/mol. The van der Waals surface area contributed by atoms with E-state index >= 15 is 0 Å². The third-order valence-corrected chi connectivity index (χ3v) is 6.35. The van der Waals surface area contributed by atoms with Crippen molar-refractivity contribution in [3.8, 4) is 0 Å². The minimum absolute atomic E-state index is 0.102. The number of guanidine groups is 1. The SMILES string of the molecule is NC(N)=NCCC[C@@H]1NC(=O)CNC(=O)[C@H](CC(=O)O)NC(=O)[C@@H](Cc2ccccc2)NC(=O)CCCCCNC1=O. The zero-order chi connectivity index (χ0) is 30.9. The highest BCUT2D eigenvalue weighted by atomic mass is 16.4. The van der Waals surface area contributed by atoms with Crippen molar-refractivity contribution in [1.29, 1.82) is 0 Å². The van der Waals surface area contributed by atoms with Gasteiger partial charge in [0.15, 0.2) is 5.96 Å². The van der Waals surface area contributed by atoms with Crippen LogP contribution in [0.5, 0.6) is 0 Å². The van der Waals surface area contributed by atoms with E-state index in [9.17, 15) is 33.9 Å². The van der Waals surface area contributed by atoms with Crippen LogP contribution in [0.3, 0.4) is 0 Å². The molecule has 1 aromatic rings. The van der Waals surface area contributed by atoms with E-state index < -0.39 is 60.7 Å². The Hall–Kier alpha value is -4.69. The summed E-state index contributed by atoms with van der Waals surface area (Å²) >= 11 is 0. The fourth-order valence-electron chi connectivity index (χ4n) is 4.21. The maximum absolute atomic E-state index is 13.2. The average molecular weight is 589 g/mol. The number of carbonyl (C=O) groups excluding carboxylic acids is 5. The predicted octanol–water partition coefficient (Wildman–Crippen LogP) is -1.98. The molecule has 1 aliphatic rings. The number of carboxylic acid groups (broad SMARTS) is 1. The maximum atomic E-state index is 13.2. The van der Waals surface area contributed by atoms with Crippen LogP contribution in [-0.2, 0) is 35.2 Å². The first-order chi connectivity index (χ1) is 20.0. The molecule has 10 N–H and O–H groups in total. The Labute approximate surface area is 243 Å². The molecule has 3 atom stereocenters. The zero-order valence-electron chi connectivity index (χ0n) is 23.4. The smallest absolute Gasteiger partial charge is 0.305 e. The largest absolute Gasteiger partial charge is 0.481 e. The van der Waals surface area contributed by atoms with Gasteiger partial charge in [0.25, 0.3) is 0 Å². The molecule has 0 aliphatic carbocycles. The number of hydrogen-bond donors (Lipinski definition) is 8. The number of aliphatic carboxylic acids is 1. The van der Waals surface area contributed by atoms with Crippen LogP contribution in [-0.4, -0.2) is 84.3 Å². The summed E-state index contributed by atoms with van der Waals surface area (Å²) in [5.41, 5.74) is 11.4. The maximum Gasteiger partial charge on any atom is 0.305 e. The molecule has 0 spiro atoms. The van der Waals surface area contributed by atoms with Gasteiger partial charge in [-0.1, -0.05) is 36.8 Å². The van der Waals surface area contributed by atoms with Crippen molar-refractivity contribution in [3.63, 3.8) is 0 Å². The second-order valence-electron chi connectivity index (χ2n) is 9.86. The van der Waals surface area contributed by atoms with E-state index in [0.29, 0.717) is 32.2 Å². The van der Waals surface area contributed by atoms with Gasteiger partial charge in [0.1, 0.15) is 18.1 Å². The van der Waals surface area contributed by atoms with Gasteiger partial charge in [0.2, 0.25) is 29.5 Å². The summed E-state index contributed by atoms with van der Waals surface area (Å²) in [6.45, 7) is -0.0251. The van der Waals surface area contributed by atoms with Gasteiger partial charge < -0.3 is 43.2 Å². The minimum atomic E-state index is -1.53. The van der Waals surface area contributed by atoms with Crippen molar-refractivity contribution >= 4 is 41.5 Å². The second-order valence-corrected chi connectivity index (χ2v) is 9.86. The summed E-state index contributed by atoms with van der Waals surface area (Å²) in [5, 5.41) is 22.1. The van der Waals surface area contributed by atoms with Crippen LogP contribution in [0, 0.1) is 0 Å². The first-order valence-electron chi connectivity index (χ1n) is 13.8. The molecule has 1 aliphatic heterocycles. The van der Waals surface area contributed by atoms with Crippen molar-refractivity contribution < 1.29 is 33.9 Å². The van der Waals surface area contributed by atoms with Crippen LogP contribution in [0.25, 0.3) is 0 Å². The first kappa shape index (κ1) is 33.5. The van der Waals surface area contributed by atoms with Gasteiger partial charge in [0.05, 0.1) is 13.0 Å². The van der Waals surface area contributed by atoms with Crippen LogP contribution in [0.1, 0.15) is 50.5 Å². The Morgan fingerprint density at radius 3 is 2.21 bits per heavy atom. The molecule has 0 saturated carbocycles. The van der Waals surface area contributed by atoms with E-state index in [2.05, 4.69) is 31.6 Å². The number of rotatable bonds is 8. The fraction of sp³-hybridized carbons (Fsp3) is 0.519. The van der Waals surface area contributed by atoms with Crippen molar-refractivity contribution in [1.82, 2.24) is 26.6 Å². The van der Waals surface area contributed by atoms with Gasteiger partial charge in [0, 0.05) is 25.9 Å². The lowest BCUT2D eigenvalue weighted by Gasteiger charge is -2.23. The number of benzene rings is 1. The van der Waals surface area contributed by atoms with Gasteiger partial charge in [-0.3, -0.25) is 33.8 Å². The monoisotopic (exact) mass is 588 g/mol. The number of carbonyl (C=O) groups is 6.